The standard InChI is InChI=1S/C24H39NO4/c1-5-29-22(27)15-28-14-16-6-8-18-17-7-9-20-24(3,13-11-21(26)25(20)4)19(17)10-12-23(16,18)2/h16-20H,5-15H2,1-4H3/t16?,17-,18-,19-,20+,23+,24+/m0/s1. The third-order valence-corrected chi connectivity index (χ3v) is 9.60. The van der Waals surface area contributed by atoms with E-state index in [0.717, 1.165) is 37.0 Å². The molecule has 5 heteroatoms. The minimum Gasteiger partial charge on any atom is -0.464 e. The molecular formula is C24H39NO4. The van der Waals surface area contributed by atoms with Crippen molar-refractivity contribution >= 4 is 11.9 Å². The maximum atomic E-state index is 12.3. The maximum Gasteiger partial charge on any atom is 0.332 e. The van der Waals surface area contributed by atoms with Gasteiger partial charge in [0, 0.05) is 19.5 Å². The minimum absolute atomic E-state index is 0.0806. The summed E-state index contributed by atoms with van der Waals surface area (Å²) in [4.78, 5) is 26.0. The Labute approximate surface area is 175 Å². The molecule has 5 nitrogen and oxygen atoms in total. The number of piperidine rings is 1. The lowest BCUT2D eigenvalue weighted by Crippen LogP contribution is -2.61. The number of likely N-dealkylation sites (tertiary alicyclic amines) is 1. The van der Waals surface area contributed by atoms with Gasteiger partial charge in [-0.2, -0.15) is 0 Å². The van der Waals surface area contributed by atoms with E-state index in [1.807, 2.05) is 14.0 Å². The van der Waals surface area contributed by atoms with E-state index in [9.17, 15) is 9.59 Å². The molecule has 0 radical (unpaired) electrons. The Morgan fingerprint density at radius 3 is 2.59 bits per heavy atom. The molecule has 0 spiro atoms. The van der Waals surface area contributed by atoms with Gasteiger partial charge < -0.3 is 14.4 Å². The van der Waals surface area contributed by atoms with Crippen LogP contribution in [0.4, 0.5) is 0 Å². The summed E-state index contributed by atoms with van der Waals surface area (Å²) in [7, 11) is 2.03. The summed E-state index contributed by atoms with van der Waals surface area (Å²) in [5.41, 5.74) is 0.612. The number of rotatable bonds is 5. The summed E-state index contributed by atoms with van der Waals surface area (Å²) >= 11 is 0. The second-order valence-corrected chi connectivity index (χ2v) is 10.6. The van der Waals surface area contributed by atoms with Gasteiger partial charge in [0.15, 0.2) is 0 Å². The van der Waals surface area contributed by atoms with Crippen LogP contribution in [0.25, 0.3) is 0 Å². The number of amides is 1. The quantitative estimate of drug-likeness (QED) is 0.648. The second-order valence-electron chi connectivity index (χ2n) is 10.6. The first kappa shape index (κ1) is 21.1. The molecule has 4 fully saturated rings. The summed E-state index contributed by atoms with van der Waals surface area (Å²) in [6.45, 7) is 7.97. The van der Waals surface area contributed by atoms with Crippen molar-refractivity contribution in [3.8, 4) is 0 Å². The largest absolute Gasteiger partial charge is 0.464 e. The lowest BCUT2D eigenvalue weighted by atomic mass is 9.47. The first-order valence-electron chi connectivity index (χ1n) is 11.8. The number of nitrogens with zero attached hydrogens (tertiary/aromatic N) is 1. The van der Waals surface area contributed by atoms with E-state index in [0.29, 0.717) is 36.5 Å². The zero-order valence-corrected chi connectivity index (χ0v) is 18.7. The molecule has 7 atom stereocenters. The highest BCUT2D eigenvalue weighted by Gasteiger charge is 2.61. The van der Waals surface area contributed by atoms with Crippen molar-refractivity contribution in [2.24, 2.45) is 34.5 Å². The molecule has 0 aromatic carbocycles. The van der Waals surface area contributed by atoms with E-state index >= 15 is 0 Å². The SMILES string of the molecule is CCOC(=O)COCC1CC[C@H]2[C@@H]3CC[C@H]4N(C)C(=O)CC[C@]4(C)[C@H]3CC[C@]12C. The molecule has 3 aliphatic carbocycles. The number of esters is 1. The minimum atomic E-state index is -0.252. The Bertz CT molecular complexity index is 651. The third kappa shape index (κ3) is 3.41. The molecule has 164 valence electrons. The smallest absolute Gasteiger partial charge is 0.332 e. The molecule has 0 aromatic heterocycles. The van der Waals surface area contributed by atoms with E-state index in [1.54, 1.807) is 0 Å². The molecule has 0 bridgehead atoms. The van der Waals surface area contributed by atoms with E-state index in [-0.39, 0.29) is 18.0 Å². The highest BCUT2D eigenvalue weighted by Crippen LogP contribution is 2.66. The molecule has 1 heterocycles. The Morgan fingerprint density at radius 2 is 1.83 bits per heavy atom. The summed E-state index contributed by atoms with van der Waals surface area (Å²) < 4.78 is 10.8. The normalized spacial score (nSPS) is 44.1. The fourth-order valence-electron chi connectivity index (χ4n) is 8.02. The summed E-state index contributed by atoms with van der Waals surface area (Å²) in [5.74, 6) is 2.92. The molecule has 1 unspecified atom stereocenters. The molecule has 0 aromatic rings. The Kier molecular flexibility index (Phi) is 5.73. The van der Waals surface area contributed by atoms with Crippen molar-refractivity contribution < 1.29 is 19.1 Å². The maximum absolute atomic E-state index is 12.3. The van der Waals surface area contributed by atoms with Crippen molar-refractivity contribution in [1.29, 1.82) is 0 Å². The fourth-order valence-corrected chi connectivity index (χ4v) is 8.02. The number of hydrogen-bond donors (Lipinski definition) is 0. The van der Waals surface area contributed by atoms with Crippen LogP contribution >= 0.6 is 0 Å². The van der Waals surface area contributed by atoms with Crippen molar-refractivity contribution in [1.82, 2.24) is 4.90 Å². The van der Waals surface area contributed by atoms with Gasteiger partial charge in [-0.25, -0.2) is 4.79 Å². The predicted molar refractivity (Wildman–Crippen MR) is 111 cm³/mol. The van der Waals surface area contributed by atoms with Gasteiger partial charge in [-0.05, 0) is 86.4 Å². The van der Waals surface area contributed by atoms with Crippen LogP contribution in [-0.2, 0) is 19.1 Å². The van der Waals surface area contributed by atoms with Crippen molar-refractivity contribution in [3.63, 3.8) is 0 Å². The van der Waals surface area contributed by atoms with Gasteiger partial charge in [-0.1, -0.05) is 13.8 Å². The van der Waals surface area contributed by atoms with Crippen molar-refractivity contribution in [2.75, 3.05) is 26.9 Å². The predicted octanol–water partition coefficient (Wildman–Crippen LogP) is 4.05. The lowest BCUT2D eigenvalue weighted by molar-refractivity contribution is -0.159. The van der Waals surface area contributed by atoms with Crippen LogP contribution in [0.2, 0.25) is 0 Å². The number of carbonyl (C=O) groups is 2. The van der Waals surface area contributed by atoms with E-state index in [2.05, 4.69) is 18.7 Å². The monoisotopic (exact) mass is 405 g/mol. The second kappa shape index (κ2) is 7.86. The summed E-state index contributed by atoms with van der Waals surface area (Å²) in [5, 5.41) is 0. The van der Waals surface area contributed by atoms with Crippen LogP contribution in [0, 0.1) is 34.5 Å². The van der Waals surface area contributed by atoms with Gasteiger partial charge in [0.25, 0.3) is 0 Å². The van der Waals surface area contributed by atoms with Crippen LogP contribution in [0.15, 0.2) is 0 Å². The van der Waals surface area contributed by atoms with E-state index in [4.69, 9.17) is 9.47 Å². The molecule has 0 N–H and O–H groups in total. The molecule has 4 rings (SSSR count). The Hall–Kier alpha value is -1.10. The zero-order chi connectivity index (χ0) is 20.8. The van der Waals surface area contributed by atoms with Crippen LogP contribution in [-0.4, -0.2) is 49.7 Å². The fraction of sp³-hybridized carbons (Fsp3) is 0.917. The van der Waals surface area contributed by atoms with Crippen LogP contribution in [0.1, 0.15) is 72.1 Å². The molecule has 1 saturated heterocycles. The highest BCUT2D eigenvalue weighted by atomic mass is 16.6. The first-order valence-corrected chi connectivity index (χ1v) is 11.8. The highest BCUT2D eigenvalue weighted by molar-refractivity contribution is 5.77. The van der Waals surface area contributed by atoms with Crippen molar-refractivity contribution in [3.05, 3.63) is 0 Å². The molecule has 3 saturated carbocycles. The average Bonchev–Trinajstić information content (AvgIpc) is 3.02. The molecule has 4 aliphatic rings. The van der Waals surface area contributed by atoms with Gasteiger partial charge in [0.1, 0.15) is 6.61 Å². The summed E-state index contributed by atoms with van der Waals surface area (Å²) in [6, 6.07) is 0.430. The Balaban J connectivity index is 1.44. The molecule has 1 amide bonds. The summed E-state index contributed by atoms with van der Waals surface area (Å²) in [6.07, 6.45) is 9.26. The number of carbonyl (C=O) groups excluding carboxylic acids is 2. The molecule has 1 aliphatic heterocycles. The van der Waals surface area contributed by atoms with Gasteiger partial charge in [0.05, 0.1) is 13.2 Å². The number of fused-ring (bicyclic) bond motifs is 5. The van der Waals surface area contributed by atoms with Crippen LogP contribution in [0.3, 0.4) is 0 Å². The average molecular weight is 406 g/mol. The van der Waals surface area contributed by atoms with E-state index < -0.39 is 0 Å². The van der Waals surface area contributed by atoms with Crippen LogP contribution < -0.4 is 0 Å². The van der Waals surface area contributed by atoms with Gasteiger partial charge in [-0.3, -0.25) is 4.79 Å². The van der Waals surface area contributed by atoms with Crippen LogP contribution in [0.5, 0.6) is 0 Å². The third-order valence-electron chi connectivity index (χ3n) is 9.60. The first-order chi connectivity index (χ1) is 13.8. The zero-order valence-electron chi connectivity index (χ0n) is 18.7. The lowest BCUT2D eigenvalue weighted by Gasteiger charge is -2.61. The Morgan fingerprint density at radius 1 is 1.07 bits per heavy atom. The van der Waals surface area contributed by atoms with Crippen molar-refractivity contribution in [2.45, 2.75) is 78.2 Å². The van der Waals surface area contributed by atoms with Gasteiger partial charge >= 0.3 is 5.97 Å². The van der Waals surface area contributed by atoms with Gasteiger partial charge in [-0.15, -0.1) is 0 Å². The number of ether oxygens (including phenoxy) is 2. The molecule has 29 heavy (non-hydrogen) atoms. The number of hydrogen-bond acceptors (Lipinski definition) is 4. The van der Waals surface area contributed by atoms with Gasteiger partial charge in [0.2, 0.25) is 5.91 Å². The van der Waals surface area contributed by atoms with E-state index in [1.165, 1.54) is 32.1 Å². The molecular weight excluding hydrogens is 366 g/mol. The topological polar surface area (TPSA) is 55.8 Å².